The largest absolute Gasteiger partial charge is 0.493 e. The number of aryl methyl sites for hydroxylation is 1. The molecule has 0 bridgehead atoms. The summed E-state index contributed by atoms with van der Waals surface area (Å²) in [7, 11) is 0. The van der Waals surface area contributed by atoms with E-state index in [9.17, 15) is 0 Å². The fraction of sp³-hybridized carbons (Fsp3) is 0.550. The Bertz CT molecular complexity index is 745. The van der Waals surface area contributed by atoms with Gasteiger partial charge in [0, 0.05) is 28.5 Å². The van der Waals surface area contributed by atoms with Gasteiger partial charge in [-0.2, -0.15) is 0 Å². The number of pyridine rings is 1. The molecule has 0 saturated carbocycles. The van der Waals surface area contributed by atoms with E-state index in [1.807, 2.05) is 0 Å². The van der Waals surface area contributed by atoms with Crippen molar-refractivity contribution in [3.8, 4) is 5.75 Å². The van der Waals surface area contributed by atoms with Crippen LogP contribution in [0.1, 0.15) is 63.9 Å². The van der Waals surface area contributed by atoms with Crippen molar-refractivity contribution >= 4 is 10.9 Å². The first-order chi connectivity index (χ1) is 10.1. The van der Waals surface area contributed by atoms with Crippen LogP contribution in [0.25, 0.3) is 10.9 Å². The highest BCUT2D eigenvalue weighted by molar-refractivity contribution is 5.90. The zero-order valence-corrected chi connectivity index (χ0v) is 14.9. The van der Waals surface area contributed by atoms with E-state index in [4.69, 9.17) is 9.72 Å². The van der Waals surface area contributed by atoms with Gasteiger partial charge in [0.05, 0.1) is 12.1 Å². The molecule has 1 aliphatic heterocycles. The van der Waals surface area contributed by atoms with Crippen LogP contribution in [0, 0.1) is 6.92 Å². The maximum absolute atomic E-state index is 5.85. The number of nitrogens with zero attached hydrogens (tertiary/aromatic N) is 1. The fourth-order valence-electron chi connectivity index (χ4n) is 3.25. The van der Waals surface area contributed by atoms with Crippen LogP contribution in [0.2, 0.25) is 0 Å². The Hall–Kier alpha value is -1.57. The molecule has 0 unspecified atom stereocenters. The lowest BCUT2D eigenvalue weighted by atomic mass is 9.80. The highest BCUT2D eigenvalue weighted by atomic mass is 16.5. The zero-order chi connectivity index (χ0) is 16.3. The molecule has 0 amide bonds. The Labute approximate surface area is 133 Å². The van der Waals surface area contributed by atoms with Crippen molar-refractivity contribution in [1.82, 2.24) is 4.98 Å². The molecule has 22 heavy (non-hydrogen) atoms. The Kier molecular flexibility index (Phi) is 3.28. The van der Waals surface area contributed by atoms with E-state index < -0.39 is 0 Å². The minimum atomic E-state index is 0.0470. The molecule has 0 spiro atoms. The van der Waals surface area contributed by atoms with Crippen LogP contribution < -0.4 is 4.74 Å². The third-order valence-corrected chi connectivity index (χ3v) is 4.51. The van der Waals surface area contributed by atoms with Crippen molar-refractivity contribution < 1.29 is 4.74 Å². The van der Waals surface area contributed by atoms with Gasteiger partial charge in [0.2, 0.25) is 0 Å². The average molecular weight is 297 g/mol. The second-order valence-corrected chi connectivity index (χ2v) is 8.55. The molecule has 0 N–H and O–H groups in total. The van der Waals surface area contributed by atoms with Crippen LogP contribution in [0.4, 0.5) is 0 Å². The predicted molar refractivity (Wildman–Crippen MR) is 93.1 cm³/mol. The number of aromatic nitrogens is 1. The summed E-state index contributed by atoms with van der Waals surface area (Å²) in [5.74, 6) is 1.06. The summed E-state index contributed by atoms with van der Waals surface area (Å²) in [6.07, 6.45) is 0.970. The number of benzene rings is 1. The predicted octanol–water partition coefficient (Wildman–Crippen LogP) is 5.07. The first kappa shape index (κ1) is 15.3. The summed E-state index contributed by atoms with van der Waals surface area (Å²) < 4.78 is 5.85. The molecule has 118 valence electrons. The van der Waals surface area contributed by atoms with Gasteiger partial charge in [-0.05, 0) is 35.6 Å². The summed E-state index contributed by atoms with van der Waals surface area (Å²) in [5.41, 5.74) is 6.38. The van der Waals surface area contributed by atoms with E-state index in [1.165, 1.54) is 27.8 Å². The molecule has 0 atom stereocenters. The summed E-state index contributed by atoms with van der Waals surface area (Å²) >= 11 is 0. The number of hydrogen-bond acceptors (Lipinski definition) is 2. The van der Waals surface area contributed by atoms with Gasteiger partial charge in [-0.15, -0.1) is 0 Å². The molecule has 0 fully saturated rings. The third-order valence-electron chi connectivity index (χ3n) is 4.51. The normalized spacial score (nSPS) is 15.0. The topological polar surface area (TPSA) is 22.1 Å². The lowest BCUT2D eigenvalue weighted by Crippen LogP contribution is -2.19. The second-order valence-electron chi connectivity index (χ2n) is 8.55. The monoisotopic (exact) mass is 297 g/mol. The highest BCUT2D eigenvalue weighted by Crippen LogP contribution is 2.40. The Morgan fingerprint density at radius 1 is 1.00 bits per heavy atom. The van der Waals surface area contributed by atoms with Crippen molar-refractivity contribution in [2.24, 2.45) is 0 Å². The van der Waals surface area contributed by atoms with Gasteiger partial charge in [0.15, 0.2) is 0 Å². The molecule has 3 rings (SSSR count). The molecule has 2 aromatic rings. The summed E-state index contributed by atoms with van der Waals surface area (Å²) in [6, 6.07) is 4.57. The van der Waals surface area contributed by atoms with Crippen molar-refractivity contribution in [2.75, 3.05) is 6.61 Å². The van der Waals surface area contributed by atoms with Gasteiger partial charge in [-0.1, -0.05) is 41.5 Å². The Balaban J connectivity index is 2.44. The van der Waals surface area contributed by atoms with Crippen molar-refractivity contribution in [3.63, 3.8) is 0 Å². The van der Waals surface area contributed by atoms with Crippen molar-refractivity contribution in [3.05, 3.63) is 34.5 Å². The molecule has 0 saturated heterocycles. The minimum Gasteiger partial charge on any atom is -0.493 e. The van der Waals surface area contributed by atoms with Gasteiger partial charge in [-0.3, -0.25) is 4.98 Å². The van der Waals surface area contributed by atoms with Gasteiger partial charge >= 0.3 is 0 Å². The fourth-order valence-corrected chi connectivity index (χ4v) is 3.25. The number of ether oxygens (including phenoxy) is 1. The third kappa shape index (κ3) is 2.39. The van der Waals surface area contributed by atoms with Crippen molar-refractivity contribution in [2.45, 2.75) is 65.7 Å². The molecule has 1 aromatic carbocycles. The van der Waals surface area contributed by atoms with Crippen LogP contribution >= 0.6 is 0 Å². The smallest absolute Gasteiger partial charge is 0.127 e. The summed E-state index contributed by atoms with van der Waals surface area (Å²) in [6.45, 7) is 16.5. The summed E-state index contributed by atoms with van der Waals surface area (Å²) in [5, 5.41) is 1.29. The zero-order valence-electron chi connectivity index (χ0n) is 14.9. The van der Waals surface area contributed by atoms with Crippen molar-refractivity contribution in [1.29, 1.82) is 0 Å². The molecular weight excluding hydrogens is 270 g/mol. The Morgan fingerprint density at radius 2 is 1.68 bits per heavy atom. The minimum absolute atomic E-state index is 0.0470. The average Bonchev–Trinajstić information content (AvgIpc) is 2.85. The quantitative estimate of drug-likeness (QED) is 0.677. The maximum atomic E-state index is 5.85. The number of fused-ring (bicyclic) bond motifs is 3. The Morgan fingerprint density at radius 3 is 2.27 bits per heavy atom. The van der Waals surface area contributed by atoms with E-state index in [0.717, 1.165) is 24.3 Å². The molecule has 1 aliphatic rings. The van der Waals surface area contributed by atoms with Gasteiger partial charge in [0.1, 0.15) is 5.75 Å². The number of rotatable bonds is 0. The molecule has 1 aromatic heterocycles. The van der Waals surface area contributed by atoms with Crippen LogP contribution in [-0.2, 0) is 17.3 Å². The second kappa shape index (κ2) is 4.71. The molecule has 0 radical (unpaired) electrons. The van der Waals surface area contributed by atoms with Gasteiger partial charge in [0.25, 0.3) is 0 Å². The number of hydrogen-bond donors (Lipinski definition) is 0. The molecular formula is C20H27NO. The van der Waals surface area contributed by atoms with Crippen LogP contribution in [0.3, 0.4) is 0 Å². The maximum Gasteiger partial charge on any atom is 0.127 e. The van der Waals surface area contributed by atoms with E-state index in [1.54, 1.807) is 0 Å². The van der Waals surface area contributed by atoms with E-state index >= 15 is 0 Å². The van der Waals surface area contributed by atoms with Crippen LogP contribution in [0.15, 0.2) is 12.1 Å². The van der Waals surface area contributed by atoms with Crippen LogP contribution in [0.5, 0.6) is 5.75 Å². The van der Waals surface area contributed by atoms with Crippen LogP contribution in [-0.4, -0.2) is 11.6 Å². The summed E-state index contributed by atoms with van der Waals surface area (Å²) in [4.78, 5) is 5.05. The standard InChI is InChI=1S/C20H27NO/c1-12-10-14-15(19(2,3)4)11-16(20(5,6)7)21-17(14)13-8-9-22-18(12)13/h10-11H,8-9H2,1-7H3. The molecule has 2 heterocycles. The molecule has 0 aliphatic carbocycles. The first-order valence-corrected chi connectivity index (χ1v) is 8.20. The lowest BCUT2D eigenvalue weighted by Gasteiger charge is -2.27. The SMILES string of the molecule is Cc1cc2c(C(C)(C)C)cc(C(C)(C)C)nc2c2c1OCC2. The van der Waals surface area contributed by atoms with E-state index in [-0.39, 0.29) is 10.8 Å². The first-order valence-electron chi connectivity index (χ1n) is 8.20. The van der Waals surface area contributed by atoms with E-state index in [2.05, 4.69) is 60.6 Å². The lowest BCUT2D eigenvalue weighted by molar-refractivity contribution is 0.354. The van der Waals surface area contributed by atoms with E-state index in [0.29, 0.717) is 0 Å². The molecule has 2 heteroatoms. The van der Waals surface area contributed by atoms with Gasteiger partial charge < -0.3 is 4.74 Å². The molecule has 2 nitrogen and oxygen atoms in total. The van der Waals surface area contributed by atoms with Gasteiger partial charge in [-0.25, -0.2) is 0 Å². The highest BCUT2D eigenvalue weighted by Gasteiger charge is 2.27.